The summed E-state index contributed by atoms with van der Waals surface area (Å²) in [7, 11) is -2.47. The quantitative estimate of drug-likeness (QED) is 0.413. The number of hydrogen-bond donors (Lipinski definition) is 0. The van der Waals surface area contributed by atoms with E-state index in [9.17, 15) is 4.80 Å². The van der Waals surface area contributed by atoms with Gasteiger partial charge in [0.05, 0.1) is 8.56 Å². The minimum absolute atomic E-state index is 0. The van der Waals surface area contributed by atoms with E-state index in [0.717, 1.165) is 0 Å². The summed E-state index contributed by atoms with van der Waals surface area (Å²) in [6.45, 7) is 7.05. The fourth-order valence-corrected chi connectivity index (χ4v) is 1.70. The van der Waals surface area contributed by atoms with Crippen molar-refractivity contribution in [2.45, 2.75) is 33.0 Å². The molecule has 0 bridgehead atoms. The van der Waals surface area contributed by atoms with E-state index in [1.54, 1.807) is 13.1 Å². The van der Waals surface area contributed by atoms with Gasteiger partial charge in [0.25, 0.3) is 0 Å². The van der Waals surface area contributed by atoms with Gasteiger partial charge in [0, 0.05) is 6.10 Å². The number of hydrogen-bond acceptors (Lipinski definition) is 2. The average Bonchev–Trinajstić information content (AvgIpc) is 1.21. The van der Waals surface area contributed by atoms with Gasteiger partial charge in [0.15, 0.2) is 0 Å². The molecule has 2 nitrogen and oxygen atoms in total. The van der Waals surface area contributed by atoms with Crippen LogP contribution < -0.4 is 34.4 Å². The van der Waals surface area contributed by atoms with Gasteiger partial charge in [-0.25, -0.2) is 0 Å². The van der Waals surface area contributed by atoms with Gasteiger partial charge in [-0.15, -0.1) is 0 Å². The van der Waals surface area contributed by atoms with Gasteiger partial charge in [-0.05, 0) is 13.8 Å². The SMILES string of the molecule is CC(C)O[Si](C)(C)[O-].[Na+]. The molecule has 0 aliphatic carbocycles. The molecule has 50 valence electrons. The molecule has 0 aromatic carbocycles. The Bertz CT molecular complexity index is 69.8. The van der Waals surface area contributed by atoms with Gasteiger partial charge in [0.2, 0.25) is 0 Å². The Balaban J connectivity index is 0. The van der Waals surface area contributed by atoms with Crippen molar-refractivity contribution < 1.29 is 38.8 Å². The summed E-state index contributed by atoms with van der Waals surface area (Å²) in [6, 6.07) is 0. The van der Waals surface area contributed by atoms with Crippen LogP contribution in [0.2, 0.25) is 13.1 Å². The minimum Gasteiger partial charge on any atom is -0.838 e. The molecule has 0 N–H and O–H groups in total. The fourth-order valence-electron chi connectivity index (χ4n) is 0.568. The van der Waals surface area contributed by atoms with Crippen LogP contribution in [0.3, 0.4) is 0 Å². The molecule has 0 atom stereocenters. The third-order valence-corrected chi connectivity index (χ3v) is 1.56. The molecular formula is C5H13NaO2Si. The van der Waals surface area contributed by atoms with Gasteiger partial charge in [-0.3, -0.25) is 0 Å². The maximum atomic E-state index is 10.8. The molecule has 0 aliphatic heterocycles. The van der Waals surface area contributed by atoms with Crippen molar-refractivity contribution in [1.29, 1.82) is 0 Å². The molecule has 0 radical (unpaired) electrons. The molecule has 0 saturated carbocycles. The Hall–Kier alpha value is 1.14. The van der Waals surface area contributed by atoms with E-state index in [0.29, 0.717) is 0 Å². The monoisotopic (exact) mass is 156 g/mol. The molecule has 0 aliphatic rings. The van der Waals surface area contributed by atoms with E-state index >= 15 is 0 Å². The molecule has 0 heterocycles. The van der Waals surface area contributed by atoms with E-state index in [1.807, 2.05) is 13.8 Å². The molecule has 0 aromatic heterocycles. The van der Waals surface area contributed by atoms with E-state index in [-0.39, 0.29) is 35.7 Å². The normalized spacial score (nSPS) is 11.3. The molecular weight excluding hydrogens is 143 g/mol. The molecule has 0 unspecified atom stereocenters. The Morgan fingerprint density at radius 2 is 1.67 bits per heavy atom. The van der Waals surface area contributed by atoms with E-state index in [2.05, 4.69) is 0 Å². The van der Waals surface area contributed by atoms with E-state index < -0.39 is 8.56 Å². The van der Waals surface area contributed by atoms with Crippen LogP contribution in [0.5, 0.6) is 0 Å². The summed E-state index contributed by atoms with van der Waals surface area (Å²) < 4.78 is 5.02. The Labute approximate surface area is 80.1 Å². The van der Waals surface area contributed by atoms with Crippen LogP contribution >= 0.6 is 0 Å². The van der Waals surface area contributed by atoms with Crippen molar-refractivity contribution >= 4 is 8.56 Å². The minimum atomic E-state index is -2.47. The third kappa shape index (κ3) is 12.4. The van der Waals surface area contributed by atoms with Crippen LogP contribution in [0.25, 0.3) is 0 Å². The Kier molecular flexibility index (Phi) is 6.93. The summed E-state index contributed by atoms with van der Waals surface area (Å²) in [5, 5.41) is 0. The van der Waals surface area contributed by atoms with Crippen LogP contribution in [0.4, 0.5) is 0 Å². The van der Waals surface area contributed by atoms with Crippen LogP contribution in [-0.2, 0) is 4.43 Å². The largest absolute Gasteiger partial charge is 1.00 e. The Morgan fingerprint density at radius 1 is 1.33 bits per heavy atom. The van der Waals surface area contributed by atoms with Crippen molar-refractivity contribution in [3.63, 3.8) is 0 Å². The van der Waals surface area contributed by atoms with Gasteiger partial charge >= 0.3 is 29.6 Å². The van der Waals surface area contributed by atoms with E-state index in [1.165, 1.54) is 0 Å². The first kappa shape index (κ1) is 12.8. The standard InChI is InChI=1S/C5H13O2Si.Na/c1-5(2)7-8(3,4)6;/h5H,1-4H3;/q-1;+1. The molecule has 0 fully saturated rings. The fraction of sp³-hybridized carbons (Fsp3) is 1.00. The number of rotatable bonds is 2. The second kappa shape index (κ2) is 4.88. The molecule has 9 heavy (non-hydrogen) atoms. The zero-order valence-corrected chi connectivity index (χ0v) is 9.89. The zero-order chi connectivity index (χ0) is 6.78. The summed E-state index contributed by atoms with van der Waals surface area (Å²) in [4.78, 5) is 10.8. The first-order valence-electron chi connectivity index (χ1n) is 2.80. The zero-order valence-electron chi connectivity index (χ0n) is 6.89. The van der Waals surface area contributed by atoms with Crippen molar-refractivity contribution in [2.75, 3.05) is 0 Å². The summed E-state index contributed by atoms with van der Waals surface area (Å²) in [6.07, 6.45) is 0.0918. The first-order chi connectivity index (χ1) is 3.42. The second-order valence-corrected chi connectivity index (χ2v) is 5.60. The predicted octanol–water partition coefficient (Wildman–Crippen LogP) is -2.52. The van der Waals surface area contributed by atoms with Crippen molar-refractivity contribution in [3.05, 3.63) is 0 Å². The second-order valence-electron chi connectivity index (χ2n) is 2.57. The molecule has 0 saturated heterocycles. The van der Waals surface area contributed by atoms with Crippen molar-refractivity contribution in [2.24, 2.45) is 0 Å². The Morgan fingerprint density at radius 3 is 1.67 bits per heavy atom. The van der Waals surface area contributed by atoms with E-state index in [4.69, 9.17) is 4.43 Å². The smallest absolute Gasteiger partial charge is 0.838 e. The summed E-state index contributed by atoms with van der Waals surface area (Å²) in [5.74, 6) is 0. The van der Waals surface area contributed by atoms with Crippen molar-refractivity contribution in [3.8, 4) is 0 Å². The first-order valence-corrected chi connectivity index (χ1v) is 5.62. The summed E-state index contributed by atoms with van der Waals surface area (Å²) >= 11 is 0. The average molecular weight is 156 g/mol. The van der Waals surface area contributed by atoms with Crippen LogP contribution in [0.1, 0.15) is 13.8 Å². The molecule has 4 heteroatoms. The molecule has 0 spiro atoms. The van der Waals surface area contributed by atoms with Crippen LogP contribution in [0, 0.1) is 0 Å². The molecule has 0 amide bonds. The predicted molar refractivity (Wildman–Crippen MR) is 33.7 cm³/mol. The van der Waals surface area contributed by atoms with Gasteiger partial charge < -0.3 is 9.22 Å². The van der Waals surface area contributed by atoms with Gasteiger partial charge in [0.1, 0.15) is 0 Å². The third-order valence-electron chi connectivity index (χ3n) is 0.520. The maximum Gasteiger partial charge on any atom is 1.00 e. The topological polar surface area (TPSA) is 32.3 Å². The molecule has 0 aromatic rings. The van der Waals surface area contributed by atoms with Gasteiger partial charge in [-0.1, -0.05) is 13.1 Å². The maximum absolute atomic E-state index is 10.8. The van der Waals surface area contributed by atoms with Crippen LogP contribution in [0.15, 0.2) is 0 Å². The molecule has 0 rings (SSSR count). The van der Waals surface area contributed by atoms with Crippen molar-refractivity contribution in [1.82, 2.24) is 0 Å². The van der Waals surface area contributed by atoms with Gasteiger partial charge in [-0.2, -0.15) is 0 Å². The van der Waals surface area contributed by atoms with Crippen LogP contribution in [-0.4, -0.2) is 14.7 Å². The summed E-state index contributed by atoms with van der Waals surface area (Å²) in [5.41, 5.74) is 0.